The molecule has 0 saturated carbocycles. The minimum Gasteiger partial charge on any atom is -0.305 e. The highest BCUT2D eigenvalue weighted by Gasteiger charge is 2.11. The van der Waals surface area contributed by atoms with Crippen LogP contribution in [0.2, 0.25) is 0 Å². The van der Waals surface area contributed by atoms with Crippen LogP contribution in [0.5, 0.6) is 0 Å². The van der Waals surface area contributed by atoms with Crippen molar-refractivity contribution in [2.45, 2.75) is 39.4 Å². The lowest BCUT2D eigenvalue weighted by atomic mass is 10.1. The largest absolute Gasteiger partial charge is 0.305 e. The van der Waals surface area contributed by atoms with Crippen molar-refractivity contribution in [2.75, 3.05) is 12.0 Å². The third-order valence-electron chi connectivity index (χ3n) is 1.98. The summed E-state index contributed by atoms with van der Waals surface area (Å²) in [7, 11) is 0. The summed E-state index contributed by atoms with van der Waals surface area (Å²) in [6.07, 6.45) is 3.73. The summed E-state index contributed by atoms with van der Waals surface area (Å²) in [5, 5.41) is 7.62. The quantitative estimate of drug-likeness (QED) is 0.830. The molecule has 1 aromatic rings. The maximum absolute atomic E-state index is 4.25. The van der Waals surface area contributed by atoms with E-state index in [2.05, 4.69) is 42.4 Å². The molecule has 4 nitrogen and oxygen atoms in total. The molecule has 0 aliphatic carbocycles. The second kappa shape index (κ2) is 5.51. The summed E-state index contributed by atoms with van der Waals surface area (Å²) < 4.78 is 1.97. The summed E-state index contributed by atoms with van der Waals surface area (Å²) in [6.45, 7) is 8.15. The van der Waals surface area contributed by atoms with Crippen molar-refractivity contribution < 1.29 is 0 Å². The van der Waals surface area contributed by atoms with Gasteiger partial charge in [-0.1, -0.05) is 0 Å². The van der Waals surface area contributed by atoms with E-state index in [0.717, 1.165) is 24.7 Å². The molecular weight excluding hydrogens is 208 g/mol. The van der Waals surface area contributed by atoms with Gasteiger partial charge in [-0.25, -0.2) is 9.67 Å². The predicted octanol–water partition coefficient (Wildman–Crippen LogP) is 1.53. The van der Waals surface area contributed by atoms with E-state index in [1.165, 1.54) is 0 Å². The molecule has 0 fully saturated rings. The zero-order chi connectivity index (χ0) is 11.3. The molecule has 1 heterocycles. The van der Waals surface area contributed by atoms with Gasteiger partial charge in [0.2, 0.25) is 0 Å². The zero-order valence-corrected chi connectivity index (χ0v) is 10.8. The Bertz CT molecular complexity index is 290. The van der Waals surface area contributed by atoms with Crippen LogP contribution in [0.3, 0.4) is 0 Å². The lowest BCUT2D eigenvalue weighted by Crippen LogP contribution is -2.36. The normalized spacial score (nSPS) is 12.0. The lowest BCUT2D eigenvalue weighted by Gasteiger charge is -2.20. The Hall–Kier alpha value is -0.550. The summed E-state index contributed by atoms with van der Waals surface area (Å²) in [5.74, 6) is 2.09. The summed E-state index contributed by atoms with van der Waals surface area (Å²) in [4.78, 5) is 4.25. The summed E-state index contributed by atoms with van der Waals surface area (Å²) in [5.41, 5.74) is 0.121. The minimum atomic E-state index is 0.121. The fraction of sp³-hybridized carbons (Fsp3) is 0.800. The van der Waals surface area contributed by atoms with Crippen molar-refractivity contribution in [1.29, 1.82) is 0 Å². The first-order valence-electron chi connectivity index (χ1n) is 5.13. The molecular formula is C10H20N4S. The Labute approximate surface area is 95.9 Å². The van der Waals surface area contributed by atoms with Crippen LogP contribution in [0, 0.1) is 0 Å². The van der Waals surface area contributed by atoms with E-state index in [1.807, 2.05) is 16.4 Å². The fourth-order valence-electron chi connectivity index (χ4n) is 1.13. The molecule has 0 spiro atoms. The third-order valence-corrected chi connectivity index (χ3v) is 2.57. The van der Waals surface area contributed by atoms with Crippen molar-refractivity contribution in [3.8, 4) is 0 Å². The summed E-state index contributed by atoms with van der Waals surface area (Å²) >= 11 is 1.82. The molecule has 1 N–H and O–H groups in total. The van der Waals surface area contributed by atoms with Crippen molar-refractivity contribution in [3.63, 3.8) is 0 Å². The molecule has 0 aliphatic rings. The van der Waals surface area contributed by atoms with Crippen molar-refractivity contribution in [2.24, 2.45) is 0 Å². The fourth-order valence-corrected chi connectivity index (χ4v) is 1.49. The molecule has 0 radical (unpaired) electrons. The molecule has 0 amide bonds. The smallest absolute Gasteiger partial charge is 0.140 e. The van der Waals surface area contributed by atoms with Crippen molar-refractivity contribution in [3.05, 3.63) is 12.2 Å². The molecule has 5 heteroatoms. The maximum Gasteiger partial charge on any atom is 0.140 e. The van der Waals surface area contributed by atoms with Gasteiger partial charge in [0.25, 0.3) is 0 Å². The second-order valence-corrected chi connectivity index (χ2v) is 5.48. The van der Waals surface area contributed by atoms with Crippen LogP contribution in [0.25, 0.3) is 0 Å². The van der Waals surface area contributed by atoms with E-state index in [4.69, 9.17) is 0 Å². The van der Waals surface area contributed by atoms with E-state index in [9.17, 15) is 0 Å². The number of aromatic nitrogens is 3. The van der Waals surface area contributed by atoms with Gasteiger partial charge in [-0.15, -0.1) is 0 Å². The first-order chi connectivity index (χ1) is 7.03. The number of hydrogen-bond acceptors (Lipinski definition) is 4. The van der Waals surface area contributed by atoms with Gasteiger partial charge in [0, 0.05) is 11.3 Å². The molecule has 0 unspecified atom stereocenters. The van der Waals surface area contributed by atoms with E-state index < -0.39 is 0 Å². The van der Waals surface area contributed by atoms with Crippen LogP contribution >= 0.6 is 11.8 Å². The van der Waals surface area contributed by atoms with Crippen LogP contribution < -0.4 is 5.32 Å². The van der Waals surface area contributed by atoms with E-state index in [-0.39, 0.29) is 5.54 Å². The SMILES string of the molecule is CSCCn1ncnc1CNC(C)(C)C. The van der Waals surface area contributed by atoms with Crippen LogP contribution in [-0.4, -0.2) is 32.3 Å². The van der Waals surface area contributed by atoms with Gasteiger partial charge in [0.15, 0.2) is 0 Å². The average molecular weight is 228 g/mol. The van der Waals surface area contributed by atoms with Crippen LogP contribution in [0.1, 0.15) is 26.6 Å². The number of hydrogen-bond donors (Lipinski definition) is 1. The minimum absolute atomic E-state index is 0.121. The monoisotopic (exact) mass is 228 g/mol. The van der Waals surface area contributed by atoms with Gasteiger partial charge in [-0.2, -0.15) is 16.9 Å². The van der Waals surface area contributed by atoms with E-state index >= 15 is 0 Å². The molecule has 0 aromatic carbocycles. The highest BCUT2D eigenvalue weighted by Crippen LogP contribution is 2.03. The number of rotatable bonds is 5. The first kappa shape index (κ1) is 12.5. The molecule has 86 valence electrons. The van der Waals surface area contributed by atoms with Gasteiger partial charge in [0.1, 0.15) is 12.2 Å². The van der Waals surface area contributed by atoms with Crippen LogP contribution in [0.4, 0.5) is 0 Å². The Kier molecular flexibility index (Phi) is 4.60. The first-order valence-corrected chi connectivity index (χ1v) is 6.53. The number of nitrogens with zero attached hydrogens (tertiary/aromatic N) is 3. The van der Waals surface area contributed by atoms with E-state index in [1.54, 1.807) is 6.33 Å². The maximum atomic E-state index is 4.25. The molecule has 1 aromatic heterocycles. The Morgan fingerprint density at radius 2 is 2.20 bits per heavy atom. The van der Waals surface area contributed by atoms with Gasteiger partial charge in [-0.3, -0.25) is 0 Å². The summed E-state index contributed by atoms with van der Waals surface area (Å²) in [6, 6.07) is 0. The van der Waals surface area contributed by atoms with Gasteiger partial charge < -0.3 is 5.32 Å². The average Bonchev–Trinajstić information content (AvgIpc) is 2.57. The van der Waals surface area contributed by atoms with Crippen molar-refractivity contribution in [1.82, 2.24) is 20.1 Å². The molecule has 1 rings (SSSR count). The standard InChI is InChI=1S/C10H20N4S/c1-10(2,3)12-7-9-11-8-13-14(9)5-6-15-4/h8,12H,5-7H2,1-4H3. The molecule has 0 saturated heterocycles. The third kappa shape index (κ3) is 4.66. The van der Waals surface area contributed by atoms with Crippen molar-refractivity contribution >= 4 is 11.8 Å². The lowest BCUT2D eigenvalue weighted by molar-refractivity contribution is 0.409. The Morgan fingerprint density at radius 1 is 1.47 bits per heavy atom. The predicted molar refractivity (Wildman–Crippen MR) is 65.0 cm³/mol. The number of thioether (sulfide) groups is 1. The molecule has 0 bridgehead atoms. The van der Waals surface area contributed by atoms with E-state index in [0.29, 0.717) is 0 Å². The molecule has 15 heavy (non-hydrogen) atoms. The number of nitrogens with one attached hydrogen (secondary N) is 1. The molecule has 0 aliphatic heterocycles. The van der Waals surface area contributed by atoms with Gasteiger partial charge in [-0.05, 0) is 27.0 Å². The topological polar surface area (TPSA) is 42.7 Å². The van der Waals surface area contributed by atoms with Gasteiger partial charge >= 0.3 is 0 Å². The van der Waals surface area contributed by atoms with Gasteiger partial charge in [0.05, 0.1) is 13.1 Å². The Morgan fingerprint density at radius 3 is 2.80 bits per heavy atom. The van der Waals surface area contributed by atoms with Crippen LogP contribution in [-0.2, 0) is 13.1 Å². The Balaban J connectivity index is 2.50. The number of aryl methyl sites for hydroxylation is 1. The highest BCUT2D eigenvalue weighted by atomic mass is 32.2. The second-order valence-electron chi connectivity index (χ2n) is 4.50. The van der Waals surface area contributed by atoms with Crippen LogP contribution in [0.15, 0.2) is 6.33 Å². The highest BCUT2D eigenvalue weighted by molar-refractivity contribution is 7.98. The molecule has 0 atom stereocenters. The zero-order valence-electron chi connectivity index (χ0n) is 9.95.